The van der Waals surface area contributed by atoms with Gasteiger partial charge in [-0.15, -0.1) is 11.3 Å². The Bertz CT molecular complexity index is 596. The van der Waals surface area contributed by atoms with E-state index in [0.717, 1.165) is 29.1 Å². The van der Waals surface area contributed by atoms with Crippen LogP contribution < -0.4 is 5.32 Å². The standard InChI is InChI=1S/C14H17N3O2S/c1-9(2)11-8-20-13(16-11)4-3-10-5-6-15-12(7-10)17-14(18)19/h5-9H,3-4H2,1-2H3,(H,15,17)(H,18,19). The molecule has 2 heterocycles. The summed E-state index contributed by atoms with van der Waals surface area (Å²) in [6.07, 6.45) is 2.19. The third kappa shape index (κ3) is 4.03. The van der Waals surface area contributed by atoms with Gasteiger partial charge in [-0.2, -0.15) is 0 Å². The molecule has 0 aliphatic rings. The number of aryl methyl sites for hydroxylation is 2. The van der Waals surface area contributed by atoms with E-state index in [1.807, 2.05) is 6.07 Å². The number of aromatic nitrogens is 2. The summed E-state index contributed by atoms with van der Waals surface area (Å²) in [5, 5.41) is 14.1. The number of carboxylic acid groups (broad SMARTS) is 1. The minimum Gasteiger partial charge on any atom is -0.465 e. The number of hydrogen-bond acceptors (Lipinski definition) is 4. The number of hydrogen-bond donors (Lipinski definition) is 2. The SMILES string of the molecule is CC(C)c1csc(CCc2ccnc(NC(=O)O)c2)n1. The van der Waals surface area contributed by atoms with Crippen LogP contribution in [0.1, 0.15) is 36.0 Å². The van der Waals surface area contributed by atoms with Gasteiger partial charge in [-0.05, 0) is 30.0 Å². The summed E-state index contributed by atoms with van der Waals surface area (Å²) in [4.78, 5) is 19.1. The molecule has 0 aliphatic heterocycles. The van der Waals surface area contributed by atoms with Crippen LogP contribution in [0.15, 0.2) is 23.7 Å². The van der Waals surface area contributed by atoms with E-state index in [1.54, 1.807) is 23.6 Å². The summed E-state index contributed by atoms with van der Waals surface area (Å²) in [6, 6.07) is 3.65. The summed E-state index contributed by atoms with van der Waals surface area (Å²) in [5.74, 6) is 0.810. The van der Waals surface area contributed by atoms with E-state index in [1.165, 1.54) is 0 Å². The fourth-order valence-electron chi connectivity index (χ4n) is 1.76. The van der Waals surface area contributed by atoms with Crippen molar-refractivity contribution in [3.63, 3.8) is 0 Å². The zero-order valence-corrected chi connectivity index (χ0v) is 12.3. The van der Waals surface area contributed by atoms with Crippen LogP contribution in [0.25, 0.3) is 0 Å². The van der Waals surface area contributed by atoms with Gasteiger partial charge in [-0.1, -0.05) is 13.8 Å². The van der Waals surface area contributed by atoms with Crippen molar-refractivity contribution in [2.45, 2.75) is 32.6 Å². The Kier molecular flexibility index (Phi) is 4.68. The molecular formula is C14H17N3O2S. The quantitative estimate of drug-likeness (QED) is 0.883. The van der Waals surface area contributed by atoms with Crippen LogP contribution >= 0.6 is 11.3 Å². The van der Waals surface area contributed by atoms with Crippen LogP contribution in [0, 0.1) is 0 Å². The van der Waals surface area contributed by atoms with Crippen LogP contribution in [-0.2, 0) is 12.8 Å². The van der Waals surface area contributed by atoms with Crippen molar-refractivity contribution in [2.24, 2.45) is 0 Å². The molecule has 6 heteroatoms. The molecule has 2 aromatic heterocycles. The third-order valence-electron chi connectivity index (χ3n) is 2.85. The minimum atomic E-state index is -1.10. The fraction of sp³-hybridized carbons (Fsp3) is 0.357. The van der Waals surface area contributed by atoms with Crippen molar-refractivity contribution in [1.29, 1.82) is 0 Å². The van der Waals surface area contributed by atoms with Crippen molar-refractivity contribution >= 4 is 23.2 Å². The maximum Gasteiger partial charge on any atom is 0.410 e. The summed E-state index contributed by atoms with van der Waals surface area (Å²) in [6.45, 7) is 4.26. The maximum atomic E-state index is 10.6. The summed E-state index contributed by atoms with van der Waals surface area (Å²) >= 11 is 1.68. The van der Waals surface area contributed by atoms with Crippen LogP contribution in [0.4, 0.5) is 10.6 Å². The van der Waals surface area contributed by atoms with E-state index >= 15 is 0 Å². The summed E-state index contributed by atoms with van der Waals surface area (Å²) < 4.78 is 0. The first kappa shape index (κ1) is 14.5. The number of nitrogens with one attached hydrogen (secondary N) is 1. The van der Waals surface area contributed by atoms with Gasteiger partial charge in [0.15, 0.2) is 0 Å². The highest BCUT2D eigenvalue weighted by molar-refractivity contribution is 7.09. The second kappa shape index (κ2) is 6.47. The molecule has 0 aliphatic carbocycles. The average Bonchev–Trinajstić information content (AvgIpc) is 2.85. The topological polar surface area (TPSA) is 75.1 Å². The molecule has 0 aromatic carbocycles. The number of carbonyl (C=O) groups is 1. The molecule has 0 fully saturated rings. The zero-order valence-electron chi connectivity index (χ0n) is 11.5. The lowest BCUT2D eigenvalue weighted by Gasteiger charge is -2.03. The lowest BCUT2D eigenvalue weighted by atomic mass is 10.1. The Labute approximate surface area is 121 Å². The van der Waals surface area contributed by atoms with Crippen LogP contribution in [0.3, 0.4) is 0 Å². The summed E-state index contributed by atoms with van der Waals surface area (Å²) in [5.41, 5.74) is 2.18. The van der Waals surface area contributed by atoms with Crippen LogP contribution in [0.5, 0.6) is 0 Å². The van der Waals surface area contributed by atoms with E-state index in [0.29, 0.717) is 11.7 Å². The predicted octanol–water partition coefficient (Wildman–Crippen LogP) is 3.54. The number of nitrogens with zero attached hydrogens (tertiary/aromatic N) is 2. The first-order valence-corrected chi connectivity index (χ1v) is 7.31. The molecule has 20 heavy (non-hydrogen) atoms. The molecule has 0 saturated heterocycles. The molecule has 2 rings (SSSR count). The largest absolute Gasteiger partial charge is 0.465 e. The van der Waals surface area contributed by atoms with E-state index < -0.39 is 6.09 Å². The van der Waals surface area contributed by atoms with Crippen LogP contribution in [0.2, 0.25) is 0 Å². The Morgan fingerprint density at radius 2 is 2.25 bits per heavy atom. The van der Waals surface area contributed by atoms with Gasteiger partial charge in [-0.25, -0.2) is 14.8 Å². The molecule has 0 spiro atoms. The van der Waals surface area contributed by atoms with E-state index in [2.05, 4.69) is 34.5 Å². The molecule has 106 valence electrons. The Morgan fingerprint density at radius 3 is 2.90 bits per heavy atom. The first-order valence-electron chi connectivity index (χ1n) is 6.44. The molecule has 0 unspecified atom stereocenters. The molecule has 1 amide bonds. The summed E-state index contributed by atoms with van der Waals surface area (Å²) in [7, 11) is 0. The van der Waals surface area contributed by atoms with Crippen molar-refractivity contribution in [2.75, 3.05) is 5.32 Å². The maximum absolute atomic E-state index is 10.6. The third-order valence-corrected chi connectivity index (χ3v) is 3.77. The monoisotopic (exact) mass is 291 g/mol. The number of rotatable bonds is 5. The van der Waals surface area contributed by atoms with E-state index in [-0.39, 0.29) is 0 Å². The highest BCUT2D eigenvalue weighted by Gasteiger charge is 2.06. The highest BCUT2D eigenvalue weighted by Crippen LogP contribution is 2.19. The number of pyridine rings is 1. The number of amides is 1. The molecule has 0 bridgehead atoms. The highest BCUT2D eigenvalue weighted by atomic mass is 32.1. The second-order valence-corrected chi connectivity index (χ2v) is 5.74. The van der Waals surface area contributed by atoms with Gasteiger partial charge in [0.2, 0.25) is 0 Å². The van der Waals surface area contributed by atoms with Gasteiger partial charge in [0.05, 0.1) is 10.7 Å². The van der Waals surface area contributed by atoms with Gasteiger partial charge in [0.25, 0.3) is 0 Å². The molecule has 5 nitrogen and oxygen atoms in total. The van der Waals surface area contributed by atoms with Gasteiger partial charge < -0.3 is 5.11 Å². The Balaban J connectivity index is 1.97. The molecular weight excluding hydrogens is 274 g/mol. The van der Waals surface area contributed by atoms with E-state index in [4.69, 9.17) is 5.11 Å². The fourth-order valence-corrected chi connectivity index (χ4v) is 2.72. The molecule has 0 saturated carbocycles. The number of thiazole rings is 1. The van der Waals surface area contributed by atoms with Crippen molar-refractivity contribution in [3.8, 4) is 0 Å². The predicted molar refractivity (Wildman–Crippen MR) is 79.5 cm³/mol. The average molecular weight is 291 g/mol. The number of anilines is 1. The van der Waals surface area contributed by atoms with Crippen LogP contribution in [-0.4, -0.2) is 21.2 Å². The first-order chi connectivity index (χ1) is 9.54. The van der Waals surface area contributed by atoms with E-state index in [9.17, 15) is 4.79 Å². The zero-order chi connectivity index (χ0) is 14.5. The molecule has 0 atom stereocenters. The lowest BCUT2D eigenvalue weighted by molar-refractivity contribution is 0.209. The van der Waals surface area contributed by atoms with Gasteiger partial charge in [-0.3, -0.25) is 5.32 Å². The van der Waals surface area contributed by atoms with Crippen molar-refractivity contribution in [1.82, 2.24) is 9.97 Å². The minimum absolute atomic E-state index is 0.358. The van der Waals surface area contributed by atoms with Gasteiger partial charge in [0.1, 0.15) is 5.82 Å². The molecule has 2 N–H and O–H groups in total. The Hall–Kier alpha value is -1.95. The van der Waals surface area contributed by atoms with Gasteiger partial charge in [0, 0.05) is 18.0 Å². The van der Waals surface area contributed by atoms with Crippen molar-refractivity contribution < 1.29 is 9.90 Å². The molecule has 0 radical (unpaired) electrons. The normalized spacial score (nSPS) is 10.8. The van der Waals surface area contributed by atoms with Gasteiger partial charge >= 0.3 is 6.09 Å². The lowest BCUT2D eigenvalue weighted by Crippen LogP contribution is -2.08. The smallest absolute Gasteiger partial charge is 0.410 e. The second-order valence-electron chi connectivity index (χ2n) is 4.80. The van der Waals surface area contributed by atoms with Crippen molar-refractivity contribution in [3.05, 3.63) is 40.0 Å². The Morgan fingerprint density at radius 1 is 1.45 bits per heavy atom. The molecule has 2 aromatic rings.